The minimum absolute atomic E-state index is 0.459. The van der Waals surface area contributed by atoms with Crippen LogP contribution in [0.1, 0.15) is 5.56 Å². The number of aromatic nitrogens is 5. The Balaban J connectivity index is 1.79. The molecule has 0 fully saturated rings. The fourth-order valence-corrected chi connectivity index (χ4v) is 2.40. The van der Waals surface area contributed by atoms with Crippen LogP contribution in [0.25, 0.3) is 22.7 Å². The maximum absolute atomic E-state index is 5.54. The monoisotopic (exact) mass is 330 g/mol. The molecule has 1 N–H and O–H groups in total. The van der Waals surface area contributed by atoms with E-state index in [2.05, 4.69) is 30.2 Å². The van der Waals surface area contributed by atoms with Crippen molar-refractivity contribution in [1.29, 1.82) is 0 Å². The SMILES string of the molecule is Cc1ccncc1Nc1ncc(-c2ccncn2)c(-c2ccco2)n1. The van der Waals surface area contributed by atoms with Gasteiger partial charge in [-0.05, 0) is 36.8 Å². The Morgan fingerprint density at radius 3 is 2.68 bits per heavy atom. The van der Waals surface area contributed by atoms with E-state index in [1.165, 1.54) is 6.33 Å². The van der Waals surface area contributed by atoms with Gasteiger partial charge in [-0.25, -0.2) is 19.9 Å². The van der Waals surface area contributed by atoms with Gasteiger partial charge in [0.1, 0.15) is 12.0 Å². The number of furan rings is 1. The number of hydrogen-bond donors (Lipinski definition) is 1. The molecule has 0 aromatic carbocycles. The normalized spacial score (nSPS) is 10.6. The van der Waals surface area contributed by atoms with Gasteiger partial charge in [-0.2, -0.15) is 0 Å². The lowest BCUT2D eigenvalue weighted by Gasteiger charge is -2.10. The lowest BCUT2D eigenvalue weighted by molar-refractivity contribution is 0.580. The zero-order chi connectivity index (χ0) is 17.1. The van der Waals surface area contributed by atoms with E-state index in [0.29, 0.717) is 17.4 Å². The lowest BCUT2D eigenvalue weighted by Crippen LogP contribution is -2.02. The van der Waals surface area contributed by atoms with Gasteiger partial charge in [0.05, 0.1) is 23.8 Å². The number of nitrogens with zero attached hydrogens (tertiary/aromatic N) is 5. The van der Waals surface area contributed by atoms with Crippen LogP contribution in [0.4, 0.5) is 11.6 Å². The van der Waals surface area contributed by atoms with Crippen molar-refractivity contribution in [2.45, 2.75) is 6.92 Å². The number of hydrogen-bond acceptors (Lipinski definition) is 7. The molecule has 0 spiro atoms. The molecule has 0 aliphatic heterocycles. The average molecular weight is 330 g/mol. The Labute approximate surface area is 143 Å². The van der Waals surface area contributed by atoms with Crippen molar-refractivity contribution in [3.8, 4) is 22.7 Å². The van der Waals surface area contributed by atoms with Gasteiger partial charge in [-0.1, -0.05) is 0 Å². The second kappa shape index (κ2) is 6.48. The van der Waals surface area contributed by atoms with E-state index in [1.807, 2.05) is 31.2 Å². The molecule has 7 heteroatoms. The third-order valence-electron chi connectivity index (χ3n) is 3.69. The fraction of sp³-hybridized carbons (Fsp3) is 0.0556. The van der Waals surface area contributed by atoms with Crippen molar-refractivity contribution in [2.75, 3.05) is 5.32 Å². The molecule has 0 aliphatic carbocycles. The van der Waals surface area contributed by atoms with Crippen LogP contribution < -0.4 is 5.32 Å². The first-order valence-electron chi connectivity index (χ1n) is 7.66. The second-order valence-corrected chi connectivity index (χ2v) is 5.34. The highest BCUT2D eigenvalue weighted by atomic mass is 16.3. The third kappa shape index (κ3) is 3.07. The first kappa shape index (κ1) is 14.9. The molecular formula is C18H14N6O. The Morgan fingerprint density at radius 2 is 1.92 bits per heavy atom. The number of pyridine rings is 1. The van der Waals surface area contributed by atoms with E-state index in [9.17, 15) is 0 Å². The topological polar surface area (TPSA) is 89.6 Å². The largest absolute Gasteiger partial charge is 0.463 e. The van der Waals surface area contributed by atoms with Gasteiger partial charge in [0.25, 0.3) is 0 Å². The van der Waals surface area contributed by atoms with Gasteiger partial charge in [0.2, 0.25) is 5.95 Å². The maximum Gasteiger partial charge on any atom is 0.227 e. The Hall–Kier alpha value is -3.61. The van der Waals surface area contributed by atoms with E-state index in [0.717, 1.165) is 22.5 Å². The molecule has 0 unspecified atom stereocenters. The van der Waals surface area contributed by atoms with Crippen molar-refractivity contribution < 1.29 is 4.42 Å². The molecule has 0 saturated carbocycles. The molecule has 4 rings (SSSR count). The molecular weight excluding hydrogens is 316 g/mol. The van der Waals surface area contributed by atoms with Gasteiger partial charge < -0.3 is 9.73 Å². The van der Waals surface area contributed by atoms with E-state index < -0.39 is 0 Å². The van der Waals surface area contributed by atoms with E-state index in [4.69, 9.17) is 4.42 Å². The summed E-state index contributed by atoms with van der Waals surface area (Å²) in [4.78, 5) is 21.4. The number of rotatable bonds is 4. The van der Waals surface area contributed by atoms with Crippen LogP contribution in [0, 0.1) is 6.92 Å². The highest BCUT2D eigenvalue weighted by molar-refractivity contribution is 5.76. The molecule has 0 radical (unpaired) electrons. The zero-order valence-corrected chi connectivity index (χ0v) is 13.4. The molecule has 4 heterocycles. The predicted molar refractivity (Wildman–Crippen MR) is 93.0 cm³/mol. The van der Waals surface area contributed by atoms with Crippen LogP contribution >= 0.6 is 0 Å². The summed E-state index contributed by atoms with van der Waals surface area (Å²) in [7, 11) is 0. The predicted octanol–water partition coefficient (Wildman–Crippen LogP) is 3.64. The van der Waals surface area contributed by atoms with Crippen LogP contribution in [0.5, 0.6) is 0 Å². The summed E-state index contributed by atoms with van der Waals surface area (Å²) in [5.41, 5.74) is 4.06. The van der Waals surface area contributed by atoms with Crippen LogP contribution in [-0.2, 0) is 0 Å². The number of aryl methyl sites for hydroxylation is 1. The molecule has 4 aromatic heterocycles. The van der Waals surface area contributed by atoms with Gasteiger partial charge in [0.15, 0.2) is 5.76 Å². The van der Waals surface area contributed by atoms with Gasteiger partial charge in [-0.3, -0.25) is 4.98 Å². The molecule has 0 amide bonds. The summed E-state index contributed by atoms with van der Waals surface area (Å²) in [5, 5.41) is 3.19. The molecule has 0 saturated heterocycles. The van der Waals surface area contributed by atoms with Gasteiger partial charge in [0, 0.05) is 24.2 Å². The van der Waals surface area contributed by atoms with Gasteiger partial charge in [-0.15, -0.1) is 0 Å². The molecule has 0 aliphatic rings. The number of nitrogens with one attached hydrogen (secondary N) is 1. The molecule has 0 atom stereocenters. The van der Waals surface area contributed by atoms with Crippen molar-refractivity contribution in [3.63, 3.8) is 0 Å². The van der Waals surface area contributed by atoms with E-state index in [1.54, 1.807) is 31.1 Å². The average Bonchev–Trinajstić information content (AvgIpc) is 3.19. The van der Waals surface area contributed by atoms with E-state index in [-0.39, 0.29) is 0 Å². The highest BCUT2D eigenvalue weighted by Crippen LogP contribution is 2.30. The first-order valence-corrected chi connectivity index (χ1v) is 7.66. The Bertz CT molecular complexity index is 986. The third-order valence-corrected chi connectivity index (χ3v) is 3.69. The zero-order valence-electron chi connectivity index (χ0n) is 13.4. The van der Waals surface area contributed by atoms with Crippen molar-refractivity contribution in [3.05, 3.63) is 67.2 Å². The summed E-state index contributed by atoms with van der Waals surface area (Å²) < 4.78 is 5.54. The molecule has 4 aromatic rings. The first-order chi connectivity index (χ1) is 12.3. The van der Waals surface area contributed by atoms with Crippen LogP contribution in [0.3, 0.4) is 0 Å². The molecule has 122 valence electrons. The standard InChI is InChI=1S/C18H14N6O/c1-12-4-6-19-10-15(12)23-18-21-9-13(14-5-7-20-11-22-14)17(24-18)16-3-2-8-25-16/h2-11H,1H3,(H,21,23,24). The Morgan fingerprint density at radius 1 is 1.00 bits per heavy atom. The summed E-state index contributed by atoms with van der Waals surface area (Å²) in [5.74, 6) is 1.10. The maximum atomic E-state index is 5.54. The van der Waals surface area contributed by atoms with E-state index >= 15 is 0 Å². The summed E-state index contributed by atoms with van der Waals surface area (Å²) in [6.45, 7) is 1.99. The van der Waals surface area contributed by atoms with Gasteiger partial charge >= 0.3 is 0 Å². The summed E-state index contributed by atoms with van der Waals surface area (Å²) in [6, 6.07) is 7.40. The minimum atomic E-state index is 0.459. The van der Waals surface area contributed by atoms with Crippen molar-refractivity contribution in [1.82, 2.24) is 24.9 Å². The molecule has 0 bridgehead atoms. The van der Waals surface area contributed by atoms with Crippen molar-refractivity contribution in [2.24, 2.45) is 0 Å². The minimum Gasteiger partial charge on any atom is -0.463 e. The Kier molecular flexibility index (Phi) is 3.88. The summed E-state index contributed by atoms with van der Waals surface area (Å²) >= 11 is 0. The lowest BCUT2D eigenvalue weighted by atomic mass is 10.1. The van der Waals surface area contributed by atoms with Crippen LogP contribution in [0.2, 0.25) is 0 Å². The molecule has 25 heavy (non-hydrogen) atoms. The van der Waals surface area contributed by atoms with Crippen LogP contribution in [-0.4, -0.2) is 24.9 Å². The quantitative estimate of drug-likeness (QED) is 0.611. The fourth-order valence-electron chi connectivity index (χ4n) is 2.40. The van der Waals surface area contributed by atoms with Crippen LogP contribution in [0.15, 0.2) is 66.1 Å². The van der Waals surface area contributed by atoms with Crippen molar-refractivity contribution >= 4 is 11.6 Å². The number of anilines is 2. The highest BCUT2D eigenvalue weighted by Gasteiger charge is 2.15. The summed E-state index contributed by atoms with van der Waals surface area (Å²) in [6.07, 6.45) is 9.99. The molecule has 7 nitrogen and oxygen atoms in total. The smallest absolute Gasteiger partial charge is 0.227 e. The second-order valence-electron chi connectivity index (χ2n) is 5.34.